The highest BCUT2D eigenvalue weighted by Crippen LogP contribution is 2.57. The summed E-state index contributed by atoms with van der Waals surface area (Å²) in [4.78, 5) is 24.8. The first-order chi connectivity index (χ1) is 15.0. The maximum absolute atomic E-state index is 12.9. The summed E-state index contributed by atoms with van der Waals surface area (Å²) in [5.74, 6) is -0.982. The summed E-state index contributed by atoms with van der Waals surface area (Å²) in [6, 6.07) is 9.96. The Morgan fingerprint density at radius 2 is 1.91 bits per heavy atom. The summed E-state index contributed by atoms with van der Waals surface area (Å²) in [6.45, 7) is 5.55. The van der Waals surface area contributed by atoms with Crippen molar-refractivity contribution in [1.29, 1.82) is 0 Å². The van der Waals surface area contributed by atoms with E-state index in [1.807, 2.05) is 13.8 Å². The summed E-state index contributed by atoms with van der Waals surface area (Å²) in [5, 5.41) is 8.16. The van der Waals surface area contributed by atoms with Gasteiger partial charge in [-0.3, -0.25) is 4.79 Å². The Labute approximate surface area is 189 Å². The summed E-state index contributed by atoms with van der Waals surface area (Å²) >= 11 is 0.482. The number of nitrogens with two attached hydrogens (primary N) is 1. The molecule has 0 bridgehead atoms. The minimum Gasteiger partial charge on any atom is -0.371 e. The van der Waals surface area contributed by atoms with Crippen LogP contribution >= 0.6 is 12.2 Å². The molecular weight excluding hydrogens is 441 g/mol. The number of benzene rings is 2. The molecule has 0 radical (unpaired) electrons. The maximum Gasteiger partial charge on any atom is 0.416 e. The molecule has 3 atom stereocenters. The van der Waals surface area contributed by atoms with Gasteiger partial charge in [-0.15, -0.1) is 0 Å². The number of amides is 1. The lowest BCUT2D eigenvalue weighted by Crippen LogP contribution is -2.31. The standard InChI is InChI=1S/C23H25F3N2O3S/c1-4-22(16-6-8-17(9-7-16)23(24,25)26)12-19(22)20(29)28-14(3)15-5-10-18(13(2)11-15)21(30)31-32-27/h5-11,14,19H,4,12,27H2,1-3H3,(H,28,29)/t14-,19?,22?/m1/s1. The summed E-state index contributed by atoms with van der Waals surface area (Å²) in [6.07, 6.45) is -3.14. The molecule has 0 spiro atoms. The fourth-order valence-corrected chi connectivity index (χ4v) is 4.40. The third-order valence-electron chi connectivity index (χ3n) is 6.26. The smallest absolute Gasteiger partial charge is 0.371 e. The molecule has 0 aromatic heterocycles. The van der Waals surface area contributed by atoms with E-state index in [1.165, 1.54) is 12.1 Å². The van der Waals surface area contributed by atoms with Crippen LogP contribution in [-0.2, 0) is 20.6 Å². The number of hydrogen-bond acceptors (Lipinski definition) is 5. The van der Waals surface area contributed by atoms with Gasteiger partial charge in [-0.05, 0) is 61.6 Å². The number of rotatable bonds is 7. The Kier molecular flexibility index (Phi) is 6.90. The van der Waals surface area contributed by atoms with Crippen molar-refractivity contribution < 1.29 is 26.9 Å². The Hall–Kier alpha value is -2.52. The SMILES string of the molecule is CCC1(c2ccc(C(F)(F)F)cc2)CC1C(=O)N[C@H](C)c1ccc(C(=O)OSN)c(C)c1. The maximum atomic E-state index is 12.9. The van der Waals surface area contributed by atoms with Gasteiger partial charge in [-0.25, -0.2) is 9.93 Å². The van der Waals surface area contributed by atoms with Gasteiger partial charge in [0.1, 0.15) is 12.2 Å². The number of carbonyl (C=O) groups excluding carboxylic acids is 2. The van der Waals surface area contributed by atoms with Crippen molar-refractivity contribution >= 4 is 24.1 Å². The number of hydrogen-bond donors (Lipinski definition) is 2. The van der Waals surface area contributed by atoms with Gasteiger partial charge in [-0.2, -0.15) is 13.2 Å². The van der Waals surface area contributed by atoms with Crippen LogP contribution in [0.15, 0.2) is 42.5 Å². The van der Waals surface area contributed by atoms with Crippen LogP contribution in [0.2, 0.25) is 0 Å². The van der Waals surface area contributed by atoms with Gasteiger partial charge in [-0.1, -0.05) is 31.2 Å². The van der Waals surface area contributed by atoms with E-state index in [0.29, 0.717) is 36.2 Å². The first-order valence-electron chi connectivity index (χ1n) is 10.2. The number of halogens is 3. The molecule has 0 aliphatic heterocycles. The van der Waals surface area contributed by atoms with Crippen molar-refractivity contribution in [3.8, 4) is 0 Å². The van der Waals surface area contributed by atoms with Crippen molar-refractivity contribution in [2.45, 2.75) is 51.2 Å². The van der Waals surface area contributed by atoms with Crippen LogP contribution in [0.1, 0.15) is 65.3 Å². The molecule has 2 aromatic rings. The number of nitrogens with one attached hydrogen (secondary N) is 1. The molecule has 0 saturated heterocycles. The molecule has 1 saturated carbocycles. The van der Waals surface area contributed by atoms with Gasteiger partial charge in [0.15, 0.2) is 0 Å². The van der Waals surface area contributed by atoms with Crippen molar-refractivity contribution in [3.05, 3.63) is 70.3 Å². The third-order valence-corrected chi connectivity index (χ3v) is 6.51. The van der Waals surface area contributed by atoms with E-state index >= 15 is 0 Å². The van der Waals surface area contributed by atoms with E-state index in [-0.39, 0.29) is 17.9 Å². The van der Waals surface area contributed by atoms with E-state index < -0.39 is 23.1 Å². The van der Waals surface area contributed by atoms with Crippen molar-refractivity contribution in [2.75, 3.05) is 0 Å². The molecule has 3 N–H and O–H groups in total. The largest absolute Gasteiger partial charge is 0.416 e. The van der Waals surface area contributed by atoms with Crippen LogP contribution in [0.25, 0.3) is 0 Å². The van der Waals surface area contributed by atoms with Crippen molar-refractivity contribution in [3.63, 3.8) is 0 Å². The van der Waals surface area contributed by atoms with E-state index in [1.54, 1.807) is 25.1 Å². The summed E-state index contributed by atoms with van der Waals surface area (Å²) in [7, 11) is 0. The zero-order valence-corrected chi connectivity index (χ0v) is 18.8. The topological polar surface area (TPSA) is 81.4 Å². The Morgan fingerprint density at radius 1 is 1.25 bits per heavy atom. The summed E-state index contributed by atoms with van der Waals surface area (Å²) in [5.41, 5.74) is 1.51. The zero-order chi connectivity index (χ0) is 23.7. The zero-order valence-electron chi connectivity index (χ0n) is 18.0. The molecule has 2 unspecified atom stereocenters. The second kappa shape index (κ2) is 9.15. The number of aryl methyl sites for hydroxylation is 1. The van der Waals surface area contributed by atoms with E-state index in [4.69, 9.17) is 9.32 Å². The van der Waals surface area contributed by atoms with Crippen LogP contribution in [-0.4, -0.2) is 11.9 Å². The first kappa shape index (κ1) is 24.1. The first-order valence-corrected chi connectivity index (χ1v) is 11.0. The van der Waals surface area contributed by atoms with Gasteiger partial charge in [0.2, 0.25) is 5.91 Å². The minimum atomic E-state index is -4.39. The molecule has 1 fully saturated rings. The highest BCUT2D eigenvalue weighted by molar-refractivity contribution is 7.92. The molecule has 9 heteroatoms. The third kappa shape index (κ3) is 4.78. The van der Waals surface area contributed by atoms with Crippen LogP contribution in [0.4, 0.5) is 13.2 Å². The molecule has 3 rings (SSSR count). The second-order valence-electron chi connectivity index (χ2n) is 8.11. The van der Waals surface area contributed by atoms with Gasteiger partial charge >= 0.3 is 12.1 Å². The van der Waals surface area contributed by atoms with Crippen molar-refractivity contribution in [2.24, 2.45) is 11.1 Å². The van der Waals surface area contributed by atoms with E-state index in [0.717, 1.165) is 23.3 Å². The lowest BCUT2D eigenvalue weighted by Gasteiger charge is -2.19. The summed E-state index contributed by atoms with van der Waals surface area (Å²) < 4.78 is 43.3. The van der Waals surface area contributed by atoms with Gasteiger partial charge in [0, 0.05) is 11.3 Å². The molecule has 1 amide bonds. The fraction of sp³-hybridized carbons (Fsp3) is 0.391. The Bertz CT molecular complexity index is 1010. The molecule has 172 valence electrons. The average molecular weight is 467 g/mol. The lowest BCUT2D eigenvalue weighted by molar-refractivity contribution is -0.137. The van der Waals surface area contributed by atoms with Gasteiger partial charge in [0.25, 0.3) is 0 Å². The Balaban J connectivity index is 1.69. The van der Waals surface area contributed by atoms with Crippen LogP contribution in [0, 0.1) is 12.8 Å². The second-order valence-corrected chi connectivity index (χ2v) is 8.47. The molecule has 32 heavy (non-hydrogen) atoms. The Morgan fingerprint density at radius 3 is 2.44 bits per heavy atom. The van der Waals surface area contributed by atoms with Gasteiger partial charge < -0.3 is 9.50 Å². The van der Waals surface area contributed by atoms with Crippen LogP contribution in [0.5, 0.6) is 0 Å². The lowest BCUT2D eigenvalue weighted by atomic mass is 9.89. The molecule has 1 aliphatic rings. The molecular formula is C23H25F3N2O3S. The quantitative estimate of drug-likeness (QED) is 0.431. The molecule has 0 heterocycles. The van der Waals surface area contributed by atoms with Crippen LogP contribution in [0.3, 0.4) is 0 Å². The predicted molar refractivity (Wildman–Crippen MR) is 116 cm³/mol. The predicted octanol–water partition coefficient (Wildman–Crippen LogP) is 5.24. The number of alkyl halides is 3. The minimum absolute atomic E-state index is 0.139. The average Bonchev–Trinajstić information content (AvgIpc) is 3.49. The van der Waals surface area contributed by atoms with E-state index in [9.17, 15) is 22.8 Å². The molecule has 2 aromatic carbocycles. The fourth-order valence-electron chi connectivity index (χ4n) is 4.23. The highest BCUT2D eigenvalue weighted by Gasteiger charge is 2.57. The van der Waals surface area contributed by atoms with Crippen molar-refractivity contribution in [1.82, 2.24) is 5.32 Å². The monoisotopic (exact) mass is 466 g/mol. The normalized spacial score (nSPS) is 21.0. The highest BCUT2D eigenvalue weighted by atomic mass is 32.2. The molecule has 5 nitrogen and oxygen atoms in total. The van der Waals surface area contributed by atoms with Crippen LogP contribution < -0.4 is 10.5 Å². The van der Waals surface area contributed by atoms with E-state index in [2.05, 4.69) is 5.32 Å². The van der Waals surface area contributed by atoms with Gasteiger partial charge in [0.05, 0.1) is 17.2 Å². The molecule has 1 aliphatic carbocycles. The number of carbonyl (C=O) groups is 2.